The number of rotatable bonds is 4. The van der Waals surface area contributed by atoms with Crippen molar-refractivity contribution in [3.8, 4) is 0 Å². The van der Waals surface area contributed by atoms with Gasteiger partial charge in [-0.2, -0.15) is 8.42 Å². The van der Waals surface area contributed by atoms with Gasteiger partial charge in [-0.1, -0.05) is 26.7 Å². The molecular weight excluding hydrogens is 226 g/mol. The van der Waals surface area contributed by atoms with Crippen molar-refractivity contribution in [2.75, 3.05) is 25.4 Å². The minimum atomic E-state index is -3.69. The van der Waals surface area contributed by atoms with Gasteiger partial charge in [0.2, 0.25) is 0 Å². The quantitative estimate of drug-likeness (QED) is 0.778. The van der Waals surface area contributed by atoms with Crippen LogP contribution in [0.2, 0.25) is 0 Å². The zero-order valence-electron chi connectivity index (χ0n) is 10.5. The third-order valence-electron chi connectivity index (χ3n) is 2.65. The summed E-state index contributed by atoms with van der Waals surface area (Å²) < 4.78 is 28.0. The molecule has 1 aliphatic rings. The molecule has 0 aromatic rings. The van der Waals surface area contributed by atoms with Crippen LogP contribution in [-0.2, 0) is 10.1 Å². The van der Waals surface area contributed by atoms with Gasteiger partial charge in [-0.15, -0.1) is 0 Å². The first-order chi connectivity index (χ1) is 7.49. The monoisotopic (exact) mass is 251 g/mol. The highest BCUT2D eigenvalue weighted by molar-refractivity contribution is 7.85. The van der Waals surface area contributed by atoms with E-state index in [0.29, 0.717) is 6.42 Å². The first-order valence-electron chi connectivity index (χ1n) is 6.17. The van der Waals surface area contributed by atoms with Crippen LogP contribution < -0.4 is 0 Å². The molecule has 1 fully saturated rings. The third-order valence-corrected chi connectivity index (χ3v) is 3.46. The Bertz CT molecular complexity index is 246. The van der Waals surface area contributed by atoms with E-state index >= 15 is 0 Å². The summed E-state index contributed by atoms with van der Waals surface area (Å²) in [7, 11) is -3.69. The van der Waals surface area contributed by atoms with Crippen molar-refractivity contribution in [2.45, 2.75) is 46.0 Å². The highest BCUT2D eigenvalue weighted by atomic mass is 32.2. The minimum Gasteiger partial charge on any atom is -0.304 e. The van der Waals surface area contributed by atoms with Crippen LogP contribution in [0.1, 0.15) is 46.0 Å². The van der Waals surface area contributed by atoms with Gasteiger partial charge in [-0.3, -0.25) is 4.55 Å². The molecular formula is C11H25NO3S. The van der Waals surface area contributed by atoms with Crippen LogP contribution in [0.3, 0.4) is 0 Å². The highest BCUT2D eigenvalue weighted by Gasteiger charge is 2.05. The second kappa shape index (κ2) is 8.96. The summed E-state index contributed by atoms with van der Waals surface area (Å²) in [6, 6.07) is 0. The molecule has 0 unspecified atom stereocenters. The van der Waals surface area contributed by atoms with Crippen LogP contribution in [0.5, 0.6) is 0 Å². The maximum Gasteiger partial charge on any atom is 0.264 e. The van der Waals surface area contributed by atoms with Crippen LogP contribution in [-0.4, -0.2) is 43.3 Å². The normalized spacial score (nSPS) is 17.7. The Labute approximate surface area is 99.8 Å². The van der Waals surface area contributed by atoms with Crippen molar-refractivity contribution >= 4 is 10.1 Å². The Balaban J connectivity index is 0.000000281. The Morgan fingerprint density at radius 1 is 1.12 bits per heavy atom. The smallest absolute Gasteiger partial charge is 0.264 e. The molecule has 1 rings (SSSR count). The van der Waals surface area contributed by atoms with E-state index in [1.165, 1.54) is 38.9 Å². The first-order valence-corrected chi connectivity index (χ1v) is 7.78. The van der Waals surface area contributed by atoms with Gasteiger partial charge in [-0.25, -0.2) is 0 Å². The van der Waals surface area contributed by atoms with Gasteiger partial charge in [0, 0.05) is 0 Å². The van der Waals surface area contributed by atoms with Crippen molar-refractivity contribution in [1.82, 2.24) is 4.90 Å². The summed E-state index contributed by atoms with van der Waals surface area (Å²) in [5.74, 6) is -0.108. The second-order valence-corrected chi connectivity index (χ2v) is 5.71. The minimum absolute atomic E-state index is 0.108. The number of hydrogen-bond acceptors (Lipinski definition) is 3. The van der Waals surface area contributed by atoms with Crippen LogP contribution >= 0.6 is 0 Å². The largest absolute Gasteiger partial charge is 0.304 e. The Morgan fingerprint density at radius 3 is 1.94 bits per heavy atom. The van der Waals surface area contributed by atoms with Crippen LogP contribution in [0.15, 0.2) is 0 Å². The second-order valence-electron chi connectivity index (χ2n) is 4.13. The fraction of sp³-hybridized carbons (Fsp3) is 1.00. The van der Waals surface area contributed by atoms with E-state index in [-0.39, 0.29) is 5.75 Å². The molecule has 0 amide bonds. The van der Waals surface area contributed by atoms with E-state index in [9.17, 15) is 8.42 Å². The van der Waals surface area contributed by atoms with Gasteiger partial charge in [0.05, 0.1) is 5.75 Å². The zero-order chi connectivity index (χ0) is 12.4. The predicted molar refractivity (Wildman–Crippen MR) is 67.3 cm³/mol. The molecule has 0 spiro atoms. The van der Waals surface area contributed by atoms with Gasteiger partial charge < -0.3 is 4.90 Å². The molecule has 1 saturated heterocycles. The summed E-state index contributed by atoms with van der Waals surface area (Å²) in [4.78, 5) is 2.52. The maximum atomic E-state index is 9.95. The number of likely N-dealkylation sites (tertiary alicyclic amines) is 1. The summed E-state index contributed by atoms with van der Waals surface area (Å²) in [6.07, 6.45) is 5.64. The molecule has 0 aromatic carbocycles. The molecule has 1 heterocycles. The Morgan fingerprint density at radius 2 is 1.69 bits per heavy atom. The molecule has 1 aliphatic heterocycles. The molecule has 16 heavy (non-hydrogen) atoms. The Kier molecular flexibility index (Phi) is 8.89. The summed E-state index contributed by atoms with van der Waals surface area (Å²) >= 11 is 0. The molecule has 98 valence electrons. The van der Waals surface area contributed by atoms with E-state index in [1.807, 2.05) is 6.92 Å². The van der Waals surface area contributed by atoms with E-state index in [4.69, 9.17) is 4.55 Å². The molecule has 0 aromatic heterocycles. The lowest BCUT2D eigenvalue weighted by Gasteiger charge is -2.24. The predicted octanol–water partition coefficient (Wildman–Crippen LogP) is 2.17. The SMILES string of the molecule is CCCCS(=O)(=O)O.CCN1CCCCC1. The topological polar surface area (TPSA) is 57.6 Å². The van der Waals surface area contributed by atoms with Gasteiger partial charge >= 0.3 is 0 Å². The lowest BCUT2D eigenvalue weighted by atomic mass is 10.1. The molecule has 0 bridgehead atoms. The zero-order valence-corrected chi connectivity index (χ0v) is 11.3. The van der Waals surface area contributed by atoms with E-state index in [2.05, 4.69) is 11.8 Å². The molecule has 0 saturated carbocycles. The number of hydrogen-bond donors (Lipinski definition) is 1. The fourth-order valence-electron chi connectivity index (χ4n) is 1.60. The van der Waals surface area contributed by atoms with Crippen molar-refractivity contribution in [2.24, 2.45) is 0 Å². The van der Waals surface area contributed by atoms with E-state index < -0.39 is 10.1 Å². The van der Waals surface area contributed by atoms with Crippen LogP contribution in [0.4, 0.5) is 0 Å². The average molecular weight is 251 g/mol. The van der Waals surface area contributed by atoms with Crippen molar-refractivity contribution in [3.63, 3.8) is 0 Å². The first kappa shape index (κ1) is 15.9. The van der Waals surface area contributed by atoms with Crippen LogP contribution in [0, 0.1) is 0 Å². The average Bonchev–Trinajstić information content (AvgIpc) is 2.27. The van der Waals surface area contributed by atoms with Crippen molar-refractivity contribution in [3.05, 3.63) is 0 Å². The number of unbranched alkanes of at least 4 members (excludes halogenated alkanes) is 1. The fourth-order valence-corrected chi connectivity index (χ4v) is 2.26. The Hall–Kier alpha value is -0.130. The lowest BCUT2D eigenvalue weighted by molar-refractivity contribution is 0.240. The molecule has 0 aliphatic carbocycles. The molecule has 5 heteroatoms. The molecule has 4 nitrogen and oxygen atoms in total. The lowest BCUT2D eigenvalue weighted by Crippen LogP contribution is -2.29. The van der Waals surface area contributed by atoms with Crippen LogP contribution in [0.25, 0.3) is 0 Å². The maximum absolute atomic E-state index is 9.95. The number of nitrogens with zero attached hydrogens (tertiary/aromatic N) is 1. The third kappa shape index (κ3) is 10.4. The molecule has 0 radical (unpaired) electrons. The molecule has 1 N–H and O–H groups in total. The summed E-state index contributed by atoms with van der Waals surface area (Å²) in [5, 5.41) is 0. The standard InChI is InChI=1S/C7H15N.C4H10O3S/c1-2-8-6-4-3-5-7-8;1-2-3-4-8(5,6)7/h2-7H2,1H3;2-4H2,1H3,(H,5,6,7). The summed E-state index contributed by atoms with van der Waals surface area (Å²) in [5.41, 5.74) is 0. The van der Waals surface area contributed by atoms with Gasteiger partial charge in [0.1, 0.15) is 0 Å². The van der Waals surface area contributed by atoms with Crippen molar-refractivity contribution < 1.29 is 13.0 Å². The highest BCUT2D eigenvalue weighted by Crippen LogP contribution is 2.06. The van der Waals surface area contributed by atoms with Gasteiger partial charge in [-0.05, 0) is 38.9 Å². The van der Waals surface area contributed by atoms with Gasteiger partial charge in [0.15, 0.2) is 0 Å². The van der Waals surface area contributed by atoms with Crippen molar-refractivity contribution in [1.29, 1.82) is 0 Å². The van der Waals surface area contributed by atoms with E-state index in [0.717, 1.165) is 6.42 Å². The van der Waals surface area contributed by atoms with Gasteiger partial charge in [0.25, 0.3) is 10.1 Å². The summed E-state index contributed by atoms with van der Waals surface area (Å²) in [6.45, 7) is 8.05. The van der Waals surface area contributed by atoms with E-state index in [1.54, 1.807) is 0 Å². The molecule has 0 atom stereocenters. The number of piperidine rings is 1.